The topological polar surface area (TPSA) is 108 Å². The third-order valence-electron chi connectivity index (χ3n) is 5.04. The van der Waals surface area contributed by atoms with Gasteiger partial charge in [-0.2, -0.15) is 13.2 Å². The first-order valence-corrected chi connectivity index (χ1v) is 9.99. The number of nitrogens with one attached hydrogen (secondary N) is 2. The number of hydrogen-bond acceptors (Lipinski definition) is 4. The van der Waals surface area contributed by atoms with E-state index in [4.69, 9.17) is 11.1 Å². The van der Waals surface area contributed by atoms with Gasteiger partial charge in [0.15, 0.2) is 5.17 Å². The van der Waals surface area contributed by atoms with Gasteiger partial charge in [-0.1, -0.05) is 49.0 Å². The zero-order chi connectivity index (χ0) is 23.0. The van der Waals surface area contributed by atoms with E-state index in [2.05, 4.69) is 10.3 Å². The highest BCUT2D eigenvalue weighted by Crippen LogP contribution is 2.41. The number of carbonyl (C=O) groups excluding carboxylic acids is 2. The fraction of sp³-hybridized carbons (Fsp3) is 0.238. The number of halogens is 3. The summed E-state index contributed by atoms with van der Waals surface area (Å²) < 4.78 is 38.8. The molecule has 1 aliphatic heterocycles. The summed E-state index contributed by atoms with van der Waals surface area (Å²) in [5, 5.41) is 10.9. The Kier molecular flexibility index (Phi) is 5.95. The van der Waals surface area contributed by atoms with E-state index in [0.29, 0.717) is 11.1 Å². The molecule has 0 spiro atoms. The Morgan fingerprint density at radius 3 is 2.39 bits per heavy atom. The lowest BCUT2D eigenvalue weighted by Crippen LogP contribution is -2.32. The van der Waals surface area contributed by atoms with Crippen LogP contribution in [0.3, 0.4) is 0 Å². The van der Waals surface area contributed by atoms with Crippen molar-refractivity contribution in [1.29, 1.82) is 5.41 Å². The molecule has 31 heavy (non-hydrogen) atoms. The largest absolute Gasteiger partial charge is 0.416 e. The molecular formula is C21H19F3N4O2S. The summed E-state index contributed by atoms with van der Waals surface area (Å²) in [6.07, 6.45) is -4.55. The minimum Gasteiger partial charge on any atom is -0.366 e. The van der Waals surface area contributed by atoms with Gasteiger partial charge in [0.25, 0.3) is 0 Å². The van der Waals surface area contributed by atoms with E-state index in [1.807, 2.05) is 0 Å². The number of benzene rings is 2. The molecule has 2 aromatic carbocycles. The van der Waals surface area contributed by atoms with Crippen molar-refractivity contribution < 1.29 is 22.8 Å². The highest BCUT2D eigenvalue weighted by atomic mass is 32.2. The third kappa shape index (κ3) is 4.48. The smallest absolute Gasteiger partial charge is 0.366 e. The number of nitrogens with two attached hydrogens (primary N) is 1. The van der Waals surface area contributed by atoms with Crippen LogP contribution in [0.5, 0.6) is 0 Å². The number of amides is 2. The highest BCUT2D eigenvalue weighted by Gasteiger charge is 2.44. The van der Waals surface area contributed by atoms with Gasteiger partial charge in [-0.05, 0) is 36.2 Å². The molecule has 0 aliphatic carbocycles. The molecule has 0 radical (unpaired) electrons. The molecule has 2 aromatic rings. The van der Waals surface area contributed by atoms with Crippen molar-refractivity contribution in [2.75, 3.05) is 0 Å². The normalized spacial score (nSPS) is 21.1. The van der Waals surface area contributed by atoms with Crippen LogP contribution >= 0.6 is 11.8 Å². The quantitative estimate of drug-likeness (QED) is 0.486. The lowest BCUT2D eigenvalue weighted by Gasteiger charge is -2.19. The van der Waals surface area contributed by atoms with Crippen molar-refractivity contribution in [1.82, 2.24) is 5.32 Å². The average Bonchev–Trinajstić information content (AvgIpc) is 3.01. The number of hydrogen-bond donors (Lipinski definition) is 3. The monoisotopic (exact) mass is 448 g/mol. The van der Waals surface area contributed by atoms with Gasteiger partial charge in [0.05, 0.1) is 5.56 Å². The first-order chi connectivity index (χ1) is 14.4. The van der Waals surface area contributed by atoms with Crippen molar-refractivity contribution in [3.8, 4) is 0 Å². The van der Waals surface area contributed by atoms with Crippen LogP contribution in [-0.2, 0) is 15.7 Å². The van der Waals surface area contributed by atoms with Crippen LogP contribution in [0.15, 0.2) is 53.5 Å². The molecule has 1 aliphatic rings. The fourth-order valence-corrected chi connectivity index (χ4v) is 4.23. The predicted octanol–water partition coefficient (Wildman–Crippen LogP) is 4.02. The standard InChI is InChI=1S/C21H19F3N4O2S/c1-11(14-5-3-4-6-15(14)21(22,23)24)16(25)27-19-28-18(30)20(2,31-19)13-9-7-12(8-10-13)17(26)29/h3-11H,1-2H3,(H2,26,29)(H2,25,27,28,30)/t11-,20?/m0/s1. The Hall–Kier alpha value is -3.14. The molecule has 1 fully saturated rings. The van der Waals surface area contributed by atoms with Crippen molar-refractivity contribution in [2.45, 2.75) is 30.7 Å². The van der Waals surface area contributed by atoms with Crippen molar-refractivity contribution in [3.05, 3.63) is 70.8 Å². The maximum Gasteiger partial charge on any atom is 0.416 e. The number of nitrogens with zero attached hydrogens (tertiary/aromatic N) is 1. The lowest BCUT2D eigenvalue weighted by atomic mass is 9.94. The molecule has 162 valence electrons. The second-order valence-corrected chi connectivity index (χ2v) is 8.55. The van der Waals surface area contributed by atoms with Crippen LogP contribution in [0.1, 0.15) is 46.8 Å². The summed E-state index contributed by atoms with van der Waals surface area (Å²) in [5.74, 6) is -2.24. The minimum absolute atomic E-state index is 0.0662. The molecule has 0 saturated carbocycles. The molecule has 1 saturated heterocycles. The van der Waals surface area contributed by atoms with Crippen molar-refractivity contribution in [3.63, 3.8) is 0 Å². The summed E-state index contributed by atoms with van der Waals surface area (Å²) in [5.41, 5.74) is 5.23. The van der Waals surface area contributed by atoms with Gasteiger partial charge in [0, 0.05) is 11.5 Å². The summed E-state index contributed by atoms with van der Waals surface area (Å²) in [6.45, 7) is 3.11. The Labute approximate surface area is 180 Å². The predicted molar refractivity (Wildman–Crippen MR) is 113 cm³/mol. The van der Waals surface area contributed by atoms with Crippen LogP contribution < -0.4 is 11.1 Å². The van der Waals surface area contributed by atoms with Crippen molar-refractivity contribution in [2.24, 2.45) is 10.7 Å². The number of primary amides is 1. The number of rotatable bonds is 4. The maximum atomic E-state index is 13.3. The maximum absolute atomic E-state index is 13.3. The minimum atomic E-state index is -4.55. The van der Waals surface area contributed by atoms with E-state index < -0.39 is 28.3 Å². The summed E-state index contributed by atoms with van der Waals surface area (Å²) in [7, 11) is 0. The van der Waals surface area contributed by atoms with Gasteiger partial charge < -0.3 is 11.1 Å². The van der Waals surface area contributed by atoms with E-state index >= 15 is 0 Å². The average molecular weight is 448 g/mol. The Morgan fingerprint density at radius 1 is 1.19 bits per heavy atom. The van der Waals surface area contributed by atoms with Crippen LogP contribution in [0.4, 0.5) is 13.2 Å². The first kappa shape index (κ1) is 22.5. The van der Waals surface area contributed by atoms with Gasteiger partial charge in [-0.15, -0.1) is 0 Å². The molecule has 10 heteroatoms. The molecule has 2 amide bonds. The van der Waals surface area contributed by atoms with E-state index in [1.165, 1.54) is 37.3 Å². The molecule has 6 nitrogen and oxygen atoms in total. The Morgan fingerprint density at radius 2 is 1.81 bits per heavy atom. The highest BCUT2D eigenvalue weighted by molar-refractivity contribution is 8.16. The number of amidine groups is 2. The van der Waals surface area contributed by atoms with Gasteiger partial charge >= 0.3 is 6.18 Å². The molecule has 3 rings (SSSR count). The molecule has 2 atom stereocenters. The van der Waals surface area contributed by atoms with E-state index in [9.17, 15) is 22.8 Å². The van der Waals surface area contributed by atoms with E-state index in [1.54, 1.807) is 19.1 Å². The van der Waals surface area contributed by atoms with Crippen LogP contribution in [0.25, 0.3) is 0 Å². The fourth-order valence-electron chi connectivity index (χ4n) is 3.16. The molecular weight excluding hydrogens is 429 g/mol. The number of alkyl halides is 3. The van der Waals surface area contributed by atoms with E-state index in [0.717, 1.165) is 17.8 Å². The molecule has 4 N–H and O–H groups in total. The first-order valence-electron chi connectivity index (χ1n) is 9.17. The molecule has 1 unspecified atom stereocenters. The van der Waals surface area contributed by atoms with Crippen LogP contribution in [0, 0.1) is 5.41 Å². The van der Waals surface area contributed by atoms with Crippen LogP contribution in [-0.4, -0.2) is 22.8 Å². The second-order valence-electron chi connectivity index (χ2n) is 7.14. The SMILES string of the molecule is C[C@H](C(=N)N=C1NC(=O)C(C)(c2ccc(C(N)=O)cc2)S1)c1ccccc1C(F)(F)F. The number of carbonyl (C=O) groups is 2. The third-order valence-corrected chi connectivity index (χ3v) is 6.26. The van der Waals surface area contributed by atoms with Crippen molar-refractivity contribution >= 4 is 34.6 Å². The number of aliphatic imine (C=N–C) groups is 1. The van der Waals surface area contributed by atoms with Gasteiger partial charge in [0.1, 0.15) is 10.6 Å². The summed E-state index contributed by atoms with van der Waals surface area (Å²) in [6, 6.07) is 11.2. The molecule has 0 bridgehead atoms. The molecule has 0 aromatic heterocycles. The van der Waals surface area contributed by atoms with Gasteiger partial charge in [0.2, 0.25) is 11.8 Å². The summed E-state index contributed by atoms with van der Waals surface area (Å²) in [4.78, 5) is 27.9. The van der Waals surface area contributed by atoms with Crippen LogP contribution in [0.2, 0.25) is 0 Å². The molecule has 1 heterocycles. The zero-order valence-electron chi connectivity index (χ0n) is 16.6. The number of thioether (sulfide) groups is 1. The lowest BCUT2D eigenvalue weighted by molar-refractivity contribution is -0.138. The Balaban J connectivity index is 1.85. The van der Waals surface area contributed by atoms with E-state index in [-0.39, 0.29) is 22.5 Å². The second kappa shape index (κ2) is 8.18. The van der Waals surface area contributed by atoms with Gasteiger partial charge in [-0.25, -0.2) is 4.99 Å². The zero-order valence-corrected chi connectivity index (χ0v) is 17.4. The van der Waals surface area contributed by atoms with Gasteiger partial charge in [-0.3, -0.25) is 15.0 Å². The Bertz CT molecular complexity index is 1080. The summed E-state index contributed by atoms with van der Waals surface area (Å²) >= 11 is 1.05.